The van der Waals surface area contributed by atoms with Crippen LogP contribution >= 0.6 is 0 Å². The van der Waals surface area contributed by atoms with E-state index in [0.29, 0.717) is 0 Å². The van der Waals surface area contributed by atoms with Crippen LogP contribution < -0.4 is 0 Å². The fourth-order valence-electron chi connectivity index (χ4n) is 2.29. The lowest BCUT2D eigenvalue weighted by atomic mass is 9.96. The van der Waals surface area contributed by atoms with Crippen molar-refractivity contribution in [2.45, 2.75) is 51.5 Å². The molecule has 1 rings (SSSR count). The van der Waals surface area contributed by atoms with Crippen molar-refractivity contribution in [3.8, 4) is 0 Å². The van der Waals surface area contributed by atoms with E-state index in [1.54, 1.807) is 27.7 Å². The molecule has 1 amide bonds. The summed E-state index contributed by atoms with van der Waals surface area (Å²) in [6, 6.07) is -0.428. The van der Waals surface area contributed by atoms with Gasteiger partial charge in [-0.15, -0.1) is 0 Å². The summed E-state index contributed by atoms with van der Waals surface area (Å²) < 4.78 is 5.66. The molecule has 0 bridgehead atoms. The van der Waals surface area contributed by atoms with Crippen LogP contribution in [0.3, 0.4) is 0 Å². The maximum atomic E-state index is 11.1. The summed E-state index contributed by atoms with van der Waals surface area (Å²) in [7, 11) is 0. The molecule has 1 atom stereocenters. The Morgan fingerprint density at radius 3 is 2.40 bits per heavy atom. The summed E-state index contributed by atoms with van der Waals surface area (Å²) in [6.07, 6.45) is -0.173. The van der Waals surface area contributed by atoms with Gasteiger partial charge in [0.05, 0.1) is 11.6 Å². The van der Waals surface area contributed by atoms with Crippen LogP contribution in [0.15, 0.2) is 0 Å². The van der Waals surface area contributed by atoms with Crippen molar-refractivity contribution in [2.24, 2.45) is 0 Å². The highest BCUT2D eigenvalue weighted by atomic mass is 16.6. The lowest BCUT2D eigenvalue weighted by Gasteiger charge is -2.30. The largest absolute Gasteiger partial charge is 0.465 e. The van der Waals surface area contributed by atoms with Crippen molar-refractivity contribution in [2.75, 3.05) is 0 Å². The number of hydrogen-bond donors (Lipinski definition) is 1. The number of amides is 1. The van der Waals surface area contributed by atoms with Crippen LogP contribution in [0.4, 0.5) is 4.79 Å². The molecule has 0 aliphatic carbocycles. The molecular formula is C10H17NO4. The van der Waals surface area contributed by atoms with E-state index in [-0.39, 0.29) is 6.42 Å². The summed E-state index contributed by atoms with van der Waals surface area (Å²) in [5, 5.41) is 9.11. The molecule has 1 saturated heterocycles. The Labute approximate surface area is 89.0 Å². The van der Waals surface area contributed by atoms with E-state index in [1.807, 2.05) is 0 Å². The summed E-state index contributed by atoms with van der Waals surface area (Å²) >= 11 is 0. The normalized spacial score (nSPS) is 27.7. The molecule has 5 heteroatoms. The number of carbonyl (C=O) groups excluding carboxylic acids is 1. The van der Waals surface area contributed by atoms with Crippen molar-refractivity contribution in [3.05, 3.63) is 0 Å². The van der Waals surface area contributed by atoms with Crippen LogP contribution in [0, 0.1) is 0 Å². The van der Waals surface area contributed by atoms with Gasteiger partial charge >= 0.3 is 6.09 Å². The Morgan fingerprint density at radius 1 is 1.47 bits per heavy atom. The van der Waals surface area contributed by atoms with E-state index in [0.717, 1.165) is 6.29 Å². The van der Waals surface area contributed by atoms with Crippen LogP contribution in [-0.2, 0) is 9.53 Å². The molecule has 86 valence electrons. The van der Waals surface area contributed by atoms with E-state index in [2.05, 4.69) is 0 Å². The van der Waals surface area contributed by atoms with Crippen molar-refractivity contribution < 1.29 is 19.4 Å². The molecule has 15 heavy (non-hydrogen) atoms. The zero-order valence-corrected chi connectivity index (χ0v) is 9.48. The number of ether oxygens (including phenoxy) is 1. The maximum Gasteiger partial charge on any atom is 0.409 e. The topological polar surface area (TPSA) is 66.8 Å². The van der Waals surface area contributed by atoms with Gasteiger partial charge in [-0.2, -0.15) is 0 Å². The standard InChI is InChI=1S/C10H17NO4/c1-9(2)7(5-6-12)11(8(13)14)10(3,4)15-9/h6-7H,5H2,1-4H3,(H,13,14)/t7-/m0/s1. The lowest BCUT2D eigenvalue weighted by Crippen LogP contribution is -2.48. The zero-order chi connectivity index (χ0) is 11.9. The predicted molar refractivity (Wildman–Crippen MR) is 53.6 cm³/mol. The molecule has 1 aliphatic heterocycles. The van der Waals surface area contributed by atoms with Crippen molar-refractivity contribution in [1.82, 2.24) is 4.90 Å². The maximum absolute atomic E-state index is 11.1. The second-order valence-electron chi connectivity index (χ2n) is 4.72. The Kier molecular flexibility index (Phi) is 2.78. The molecule has 1 aliphatic rings. The summed E-state index contributed by atoms with van der Waals surface area (Å²) in [4.78, 5) is 22.9. The molecule has 0 unspecified atom stereocenters. The zero-order valence-electron chi connectivity index (χ0n) is 9.48. The minimum absolute atomic E-state index is 0.155. The van der Waals surface area contributed by atoms with Gasteiger partial charge in [-0.3, -0.25) is 4.90 Å². The molecule has 0 radical (unpaired) electrons. The number of rotatable bonds is 2. The highest BCUT2D eigenvalue weighted by Crippen LogP contribution is 2.39. The van der Waals surface area contributed by atoms with Crippen LogP contribution in [0.1, 0.15) is 34.1 Å². The van der Waals surface area contributed by atoms with Crippen molar-refractivity contribution in [1.29, 1.82) is 0 Å². The fraction of sp³-hybridized carbons (Fsp3) is 0.800. The van der Waals surface area contributed by atoms with Gasteiger partial charge < -0.3 is 14.6 Å². The number of carbonyl (C=O) groups is 2. The van der Waals surface area contributed by atoms with Gasteiger partial charge in [0.2, 0.25) is 0 Å². The molecule has 0 aromatic heterocycles. The Morgan fingerprint density at radius 2 is 2.00 bits per heavy atom. The van der Waals surface area contributed by atoms with Gasteiger partial charge in [0.15, 0.2) is 0 Å². The summed E-state index contributed by atoms with van der Waals surface area (Å²) in [6.45, 7) is 6.97. The van der Waals surface area contributed by atoms with Crippen LogP contribution in [-0.4, -0.2) is 39.8 Å². The smallest absolute Gasteiger partial charge is 0.409 e. The second-order valence-corrected chi connectivity index (χ2v) is 4.72. The third kappa shape index (κ3) is 1.97. The molecule has 0 spiro atoms. The number of carboxylic acid groups (broad SMARTS) is 1. The van der Waals surface area contributed by atoms with Gasteiger partial charge in [-0.1, -0.05) is 0 Å². The minimum Gasteiger partial charge on any atom is -0.465 e. The highest BCUT2D eigenvalue weighted by molar-refractivity contribution is 5.68. The quantitative estimate of drug-likeness (QED) is 0.708. The van der Waals surface area contributed by atoms with Gasteiger partial charge in [0.25, 0.3) is 0 Å². The van der Waals surface area contributed by atoms with Gasteiger partial charge in [0, 0.05) is 6.42 Å². The van der Waals surface area contributed by atoms with Crippen molar-refractivity contribution in [3.63, 3.8) is 0 Å². The summed E-state index contributed by atoms with van der Waals surface area (Å²) in [5.41, 5.74) is -1.52. The molecule has 0 saturated carbocycles. The van der Waals surface area contributed by atoms with Crippen molar-refractivity contribution >= 4 is 12.4 Å². The van der Waals surface area contributed by atoms with Gasteiger partial charge in [0.1, 0.15) is 12.0 Å². The van der Waals surface area contributed by atoms with E-state index in [9.17, 15) is 9.59 Å². The third-order valence-electron chi connectivity index (χ3n) is 2.73. The van der Waals surface area contributed by atoms with Crippen LogP contribution in [0.5, 0.6) is 0 Å². The number of hydrogen-bond acceptors (Lipinski definition) is 3. The fourth-order valence-corrected chi connectivity index (χ4v) is 2.29. The molecule has 1 N–H and O–H groups in total. The predicted octanol–water partition coefficient (Wildman–Crippen LogP) is 1.47. The Bertz CT molecular complexity index is 285. The number of nitrogens with zero attached hydrogens (tertiary/aromatic N) is 1. The van der Waals surface area contributed by atoms with Gasteiger partial charge in [-0.25, -0.2) is 4.79 Å². The van der Waals surface area contributed by atoms with Crippen LogP contribution in [0.2, 0.25) is 0 Å². The summed E-state index contributed by atoms with van der Waals surface area (Å²) in [5.74, 6) is 0. The van der Waals surface area contributed by atoms with E-state index < -0.39 is 23.5 Å². The lowest BCUT2D eigenvalue weighted by molar-refractivity contribution is -0.109. The average Bonchev–Trinajstić information content (AvgIpc) is 2.16. The minimum atomic E-state index is -1.06. The molecular weight excluding hydrogens is 198 g/mol. The third-order valence-corrected chi connectivity index (χ3v) is 2.73. The number of aldehydes is 1. The highest BCUT2D eigenvalue weighted by Gasteiger charge is 2.54. The first-order valence-corrected chi connectivity index (χ1v) is 4.88. The van der Waals surface area contributed by atoms with E-state index in [4.69, 9.17) is 9.84 Å². The molecule has 0 aromatic rings. The Balaban J connectivity index is 3.07. The molecule has 1 heterocycles. The van der Waals surface area contributed by atoms with Crippen LogP contribution in [0.25, 0.3) is 0 Å². The Hall–Kier alpha value is -1.10. The first-order chi connectivity index (χ1) is 6.72. The molecule has 1 fully saturated rings. The van der Waals surface area contributed by atoms with E-state index >= 15 is 0 Å². The monoisotopic (exact) mass is 215 g/mol. The first-order valence-electron chi connectivity index (χ1n) is 4.88. The van der Waals surface area contributed by atoms with E-state index in [1.165, 1.54) is 4.90 Å². The SMILES string of the molecule is CC1(C)OC(C)(C)N(C(=O)O)[C@H]1CC=O. The average molecular weight is 215 g/mol. The first kappa shape index (κ1) is 12.0. The van der Waals surface area contributed by atoms with Gasteiger partial charge in [-0.05, 0) is 27.7 Å². The molecule has 0 aromatic carbocycles. The molecule has 5 nitrogen and oxygen atoms in total. The second kappa shape index (κ2) is 3.48.